The minimum atomic E-state index is 0. The van der Waals surface area contributed by atoms with Crippen molar-refractivity contribution in [1.29, 1.82) is 0 Å². The van der Waals surface area contributed by atoms with E-state index < -0.39 is 0 Å². The van der Waals surface area contributed by atoms with Gasteiger partial charge in [0.2, 0.25) is 0 Å². The summed E-state index contributed by atoms with van der Waals surface area (Å²) in [5, 5.41) is 0. The maximum atomic E-state index is 2.41. The summed E-state index contributed by atoms with van der Waals surface area (Å²) in [5.74, 6) is 0. The fraction of sp³-hybridized carbons (Fsp3) is 1.00. The largest absolute Gasteiger partial charge is 0.278 e. The van der Waals surface area contributed by atoms with E-state index in [-0.39, 0.29) is 7.43 Å². The molecule has 0 radical (unpaired) electrons. The Balaban J connectivity index is 0.000000640. The van der Waals surface area contributed by atoms with Gasteiger partial charge in [-0.05, 0) is 13.1 Å². The van der Waals surface area contributed by atoms with Gasteiger partial charge in [-0.2, -0.15) is 0 Å². The highest BCUT2D eigenvalue weighted by Gasteiger charge is 2.18. The molecule has 0 spiro atoms. The van der Waals surface area contributed by atoms with Gasteiger partial charge in [0, 0.05) is 0 Å². The number of nitrogens with zero attached hydrogens (tertiary/aromatic N) is 2. The summed E-state index contributed by atoms with van der Waals surface area (Å²) in [6.07, 6.45) is 0. The molecule has 56 valence electrons. The van der Waals surface area contributed by atoms with Crippen molar-refractivity contribution in [1.82, 2.24) is 9.80 Å². The molecular weight excluding hydrogens is 112 g/mol. The maximum absolute atomic E-state index is 2.41. The van der Waals surface area contributed by atoms with Crippen LogP contribution >= 0.6 is 0 Å². The highest BCUT2D eigenvalue weighted by molar-refractivity contribution is 4.65. The van der Waals surface area contributed by atoms with E-state index in [9.17, 15) is 0 Å². The smallest absolute Gasteiger partial charge is 0.0529 e. The first-order valence-electron chi connectivity index (χ1n) is 3.31. The van der Waals surface area contributed by atoms with Crippen molar-refractivity contribution in [2.75, 3.05) is 26.4 Å². The normalized spacial score (nSPS) is 20.7. The van der Waals surface area contributed by atoms with E-state index in [0.717, 1.165) is 0 Å². The highest BCUT2D eigenvalue weighted by atomic mass is 15.5. The average molecular weight is 130 g/mol. The zero-order chi connectivity index (χ0) is 5.98. The Morgan fingerprint density at radius 1 is 1.00 bits per heavy atom. The van der Waals surface area contributed by atoms with Crippen molar-refractivity contribution in [3.63, 3.8) is 0 Å². The molecule has 2 heteroatoms. The molecule has 0 unspecified atom stereocenters. The lowest BCUT2D eigenvalue weighted by Crippen LogP contribution is -2.54. The lowest BCUT2D eigenvalue weighted by Gasteiger charge is -2.41. The Hall–Kier alpha value is -0.0800. The first kappa shape index (κ1) is 8.92. The number of hydrogen-bond acceptors (Lipinski definition) is 2. The van der Waals surface area contributed by atoms with E-state index in [2.05, 4.69) is 23.6 Å². The molecule has 1 aliphatic rings. The first-order chi connectivity index (χ1) is 3.86. The summed E-state index contributed by atoms with van der Waals surface area (Å²) in [6, 6.07) is 0. The monoisotopic (exact) mass is 130 g/mol. The van der Waals surface area contributed by atoms with E-state index in [1.807, 2.05) is 0 Å². The van der Waals surface area contributed by atoms with Gasteiger partial charge in [-0.15, -0.1) is 0 Å². The third kappa shape index (κ3) is 1.95. The molecule has 1 fully saturated rings. The van der Waals surface area contributed by atoms with Crippen molar-refractivity contribution in [2.45, 2.75) is 21.3 Å². The topological polar surface area (TPSA) is 6.48 Å². The Morgan fingerprint density at radius 3 is 1.56 bits per heavy atom. The molecule has 0 aromatic carbocycles. The Labute approximate surface area is 58.4 Å². The van der Waals surface area contributed by atoms with Gasteiger partial charge in [-0.1, -0.05) is 21.3 Å². The van der Waals surface area contributed by atoms with E-state index in [1.165, 1.54) is 26.4 Å². The Bertz CT molecular complexity index is 59.3. The zero-order valence-corrected chi connectivity index (χ0v) is 5.72. The molecular formula is C7H18N2. The van der Waals surface area contributed by atoms with Gasteiger partial charge in [-0.25, -0.2) is 0 Å². The fourth-order valence-electron chi connectivity index (χ4n) is 0.924. The predicted molar refractivity (Wildman–Crippen MR) is 41.2 cm³/mol. The number of rotatable bonds is 2. The average Bonchev–Trinajstić information content (AvgIpc) is 1.65. The van der Waals surface area contributed by atoms with Crippen molar-refractivity contribution < 1.29 is 0 Å². The lowest BCUT2D eigenvalue weighted by atomic mass is 10.4. The molecule has 0 aliphatic carbocycles. The second kappa shape index (κ2) is 3.85. The molecule has 0 amide bonds. The Morgan fingerprint density at radius 2 is 1.33 bits per heavy atom. The second-order valence-corrected chi connectivity index (χ2v) is 2.26. The SMILES string of the molecule is C.CCN1CN(CC)C1. The van der Waals surface area contributed by atoms with Crippen LogP contribution in [-0.2, 0) is 0 Å². The van der Waals surface area contributed by atoms with Gasteiger partial charge in [0.05, 0.1) is 13.3 Å². The second-order valence-electron chi connectivity index (χ2n) is 2.26. The minimum Gasteiger partial charge on any atom is -0.278 e. The predicted octanol–water partition coefficient (Wildman–Crippen LogP) is 1.19. The summed E-state index contributed by atoms with van der Waals surface area (Å²) in [5.41, 5.74) is 0. The molecule has 0 aromatic rings. The molecule has 9 heavy (non-hydrogen) atoms. The highest BCUT2D eigenvalue weighted by Crippen LogP contribution is 2.05. The summed E-state index contributed by atoms with van der Waals surface area (Å²) in [7, 11) is 0. The number of hydrogen-bond donors (Lipinski definition) is 0. The van der Waals surface area contributed by atoms with Gasteiger partial charge < -0.3 is 0 Å². The lowest BCUT2D eigenvalue weighted by molar-refractivity contribution is -0.0212. The summed E-state index contributed by atoms with van der Waals surface area (Å²) < 4.78 is 0. The van der Waals surface area contributed by atoms with Crippen molar-refractivity contribution in [3.8, 4) is 0 Å². The van der Waals surface area contributed by atoms with E-state index in [0.29, 0.717) is 0 Å². The van der Waals surface area contributed by atoms with Crippen molar-refractivity contribution in [3.05, 3.63) is 0 Å². The molecule has 2 nitrogen and oxygen atoms in total. The van der Waals surface area contributed by atoms with Crippen LogP contribution in [0.5, 0.6) is 0 Å². The first-order valence-corrected chi connectivity index (χ1v) is 3.31. The summed E-state index contributed by atoms with van der Waals surface area (Å²) >= 11 is 0. The molecule has 0 saturated carbocycles. The van der Waals surface area contributed by atoms with Crippen LogP contribution in [0, 0.1) is 0 Å². The van der Waals surface area contributed by atoms with Crippen LogP contribution in [0.25, 0.3) is 0 Å². The quantitative estimate of drug-likeness (QED) is 0.554. The van der Waals surface area contributed by atoms with Crippen molar-refractivity contribution >= 4 is 0 Å². The molecule has 1 saturated heterocycles. The minimum absolute atomic E-state index is 0. The third-order valence-corrected chi connectivity index (χ3v) is 1.69. The summed E-state index contributed by atoms with van der Waals surface area (Å²) in [4.78, 5) is 4.81. The molecule has 1 aliphatic heterocycles. The van der Waals surface area contributed by atoms with E-state index >= 15 is 0 Å². The van der Waals surface area contributed by atoms with E-state index in [1.54, 1.807) is 0 Å². The molecule has 1 rings (SSSR count). The van der Waals surface area contributed by atoms with Gasteiger partial charge in [-0.3, -0.25) is 9.80 Å². The van der Waals surface area contributed by atoms with Gasteiger partial charge in [0.15, 0.2) is 0 Å². The maximum Gasteiger partial charge on any atom is 0.0529 e. The van der Waals surface area contributed by atoms with Crippen LogP contribution in [0.1, 0.15) is 21.3 Å². The van der Waals surface area contributed by atoms with E-state index in [4.69, 9.17) is 0 Å². The molecule has 1 heterocycles. The Kier molecular flexibility index (Phi) is 3.82. The molecule has 0 aromatic heterocycles. The fourth-order valence-corrected chi connectivity index (χ4v) is 0.924. The van der Waals surface area contributed by atoms with Crippen LogP contribution in [0.3, 0.4) is 0 Å². The standard InChI is InChI=1S/C6H14N2.CH4/c1-3-7-5-8(4-2)6-7;/h3-6H2,1-2H3;1H4. The molecule has 0 N–H and O–H groups in total. The zero-order valence-electron chi connectivity index (χ0n) is 5.72. The van der Waals surface area contributed by atoms with Crippen LogP contribution in [0.15, 0.2) is 0 Å². The van der Waals surface area contributed by atoms with Gasteiger partial charge in [0.25, 0.3) is 0 Å². The third-order valence-electron chi connectivity index (χ3n) is 1.69. The van der Waals surface area contributed by atoms with Gasteiger partial charge >= 0.3 is 0 Å². The van der Waals surface area contributed by atoms with Crippen LogP contribution in [0.4, 0.5) is 0 Å². The molecule has 0 bridgehead atoms. The van der Waals surface area contributed by atoms with Crippen LogP contribution in [-0.4, -0.2) is 36.2 Å². The van der Waals surface area contributed by atoms with Crippen molar-refractivity contribution in [2.24, 2.45) is 0 Å². The summed E-state index contributed by atoms with van der Waals surface area (Å²) in [6.45, 7) is 9.19. The molecule has 0 atom stereocenters. The van der Waals surface area contributed by atoms with Crippen LogP contribution < -0.4 is 0 Å². The van der Waals surface area contributed by atoms with Crippen LogP contribution in [0.2, 0.25) is 0 Å². The van der Waals surface area contributed by atoms with Gasteiger partial charge in [0.1, 0.15) is 0 Å².